The number of imidazole rings is 1. The van der Waals surface area contributed by atoms with E-state index >= 15 is 0 Å². The number of hydrogen-bond donors (Lipinski definition) is 2. The van der Waals surface area contributed by atoms with Gasteiger partial charge in [0.05, 0.1) is 11.9 Å². The second-order valence-electron chi connectivity index (χ2n) is 5.06. The third kappa shape index (κ3) is 3.27. The van der Waals surface area contributed by atoms with Gasteiger partial charge in [-0.1, -0.05) is 0 Å². The van der Waals surface area contributed by atoms with E-state index in [2.05, 4.69) is 15.5 Å². The minimum atomic E-state index is -4.03. The van der Waals surface area contributed by atoms with Crippen molar-refractivity contribution in [2.45, 2.75) is 38.8 Å². The molecule has 2 N–H and O–H groups in total. The summed E-state index contributed by atoms with van der Waals surface area (Å²) in [6.07, 6.45) is 3.11. The van der Waals surface area contributed by atoms with E-state index in [4.69, 9.17) is 0 Å². The lowest BCUT2D eigenvalue weighted by atomic mass is 10.4. The second kappa shape index (κ2) is 5.79. The predicted molar refractivity (Wildman–Crippen MR) is 79.4 cm³/mol. The maximum absolute atomic E-state index is 12.1. The highest BCUT2D eigenvalue weighted by molar-refractivity contribution is 7.90. The summed E-state index contributed by atoms with van der Waals surface area (Å²) in [6, 6.07) is 0.473. The van der Waals surface area contributed by atoms with Gasteiger partial charge >= 0.3 is 6.03 Å². The quantitative estimate of drug-likeness (QED) is 0.868. The molecular formula is C12H18N6O3S. The van der Waals surface area contributed by atoms with Crippen LogP contribution in [0.2, 0.25) is 0 Å². The lowest BCUT2D eigenvalue weighted by Crippen LogP contribution is -2.39. The van der Waals surface area contributed by atoms with Gasteiger partial charge in [-0.15, -0.1) is 0 Å². The van der Waals surface area contributed by atoms with E-state index in [0.29, 0.717) is 11.5 Å². The molecule has 2 aromatic rings. The molecule has 0 fully saturated rings. The molecule has 2 amide bonds. The zero-order valence-corrected chi connectivity index (χ0v) is 13.5. The molecule has 2 aromatic heterocycles. The van der Waals surface area contributed by atoms with Gasteiger partial charge < -0.3 is 0 Å². The third-order valence-corrected chi connectivity index (χ3v) is 4.17. The van der Waals surface area contributed by atoms with Gasteiger partial charge in [0, 0.05) is 12.2 Å². The van der Waals surface area contributed by atoms with Crippen molar-refractivity contribution in [2.75, 3.05) is 5.43 Å². The summed E-state index contributed by atoms with van der Waals surface area (Å²) >= 11 is 0. The average Bonchev–Trinajstić information content (AvgIpc) is 3.01. The molecule has 0 saturated carbocycles. The molecule has 0 saturated heterocycles. The van der Waals surface area contributed by atoms with Crippen molar-refractivity contribution in [2.24, 2.45) is 0 Å². The standard InChI is InChI=1S/C12H18N6O3S/c1-8(2)17-6-5-11(14-17)22(20,21)16-12(19)15-18-9(3)7-13-10(18)4/h5-8H,1-4H3,(H2,15,16,19). The van der Waals surface area contributed by atoms with Crippen LogP contribution in [0.5, 0.6) is 0 Å². The Labute approximate surface area is 128 Å². The van der Waals surface area contributed by atoms with Crippen molar-refractivity contribution in [3.63, 3.8) is 0 Å². The van der Waals surface area contributed by atoms with Crippen LogP contribution in [0.1, 0.15) is 31.4 Å². The number of amides is 2. The fraction of sp³-hybridized carbons (Fsp3) is 0.417. The molecule has 0 aliphatic carbocycles. The highest BCUT2D eigenvalue weighted by Gasteiger charge is 2.21. The molecule has 0 aliphatic heterocycles. The first-order valence-electron chi connectivity index (χ1n) is 6.60. The van der Waals surface area contributed by atoms with E-state index in [1.807, 2.05) is 18.6 Å². The molecule has 0 radical (unpaired) electrons. The molecule has 0 unspecified atom stereocenters. The summed E-state index contributed by atoms with van der Waals surface area (Å²) in [7, 11) is -4.03. The van der Waals surface area contributed by atoms with Crippen LogP contribution in [0.15, 0.2) is 23.5 Å². The number of urea groups is 1. The van der Waals surface area contributed by atoms with E-state index in [1.165, 1.54) is 15.4 Å². The SMILES string of the molecule is Cc1cnc(C)n1NC(=O)NS(=O)(=O)c1ccn(C(C)C)n1. The fourth-order valence-electron chi connectivity index (χ4n) is 1.78. The molecule has 22 heavy (non-hydrogen) atoms. The van der Waals surface area contributed by atoms with Gasteiger partial charge in [-0.3, -0.25) is 4.68 Å². The number of hydrogen-bond acceptors (Lipinski definition) is 5. The largest absolute Gasteiger partial charge is 0.347 e. The Morgan fingerprint density at radius 1 is 1.32 bits per heavy atom. The highest BCUT2D eigenvalue weighted by atomic mass is 32.2. The summed E-state index contributed by atoms with van der Waals surface area (Å²) in [4.78, 5) is 15.9. The number of sulfonamides is 1. The monoisotopic (exact) mass is 326 g/mol. The Kier molecular flexibility index (Phi) is 4.22. The molecule has 0 aromatic carbocycles. The molecule has 0 bridgehead atoms. The zero-order valence-electron chi connectivity index (χ0n) is 12.7. The van der Waals surface area contributed by atoms with Crippen LogP contribution >= 0.6 is 0 Å². The average molecular weight is 326 g/mol. The first-order valence-corrected chi connectivity index (χ1v) is 8.09. The Morgan fingerprint density at radius 3 is 2.50 bits per heavy atom. The van der Waals surface area contributed by atoms with Gasteiger partial charge in [0.1, 0.15) is 5.82 Å². The van der Waals surface area contributed by atoms with Crippen LogP contribution in [0, 0.1) is 13.8 Å². The summed E-state index contributed by atoms with van der Waals surface area (Å²) in [5.74, 6) is 0.536. The second-order valence-corrected chi connectivity index (χ2v) is 6.69. The number of carbonyl (C=O) groups is 1. The summed E-state index contributed by atoms with van der Waals surface area (Å²) in [5, 5.41) is 3.72. The van der Waals surface area contributed by atoms with Gasteiger partial charge in [-0.25, -0.2) is 24.6 Å². The Bertz CT molecular complexity index is 770. The van der Waals surface area contributed by atoms with Gasteiger partial charge in [0.25, 0.3) is 10.0 Å². The molecule has 120 valence electrons. The Hall–Kier alpha value is -2.36. The number of nitrogens with zero attached hydrogens (tertiary/aromatic N) is 4. The number of rotatable bonds is 4. The molecule has 2 rings (SSSR count). The summed E-state index contributed by atoms with van der Waals surface area (Å²) in [6.45, 7) is 7.16. The zero-order chi connectivity index (χ0) is 16.5. The van der Waals surface area contributed by atoms with Crippen LogP contribution in [0.4, 0.5) is 4.79 Å². The highest BCUT2D eigenvalue weighted by Crippen LogP contribution is 2.09. The van der Waals surface area contributed by atoms with Gasteiger partial charge in [-0.05, 0) is 33.8 Å². The smallest absolute Gasteiger partial charge is 0.269 e. The Morgan fingerprint density at radius 2 is 2.00 bits per heavy atom. The topological polar surface area (TPSA) is 111 Å². The van der Waals surface area contributed by atoms with Crippen LogP contribution in [0.25, 0.3) is 0 Å². The molecule has 0 atom stereocenters. The van der Waals surface area contributed by atoms with E-state index in [0.717, 1.165) is 0 Å². The van der Waals surface area contributed by atoms with Crippen LogP contribution in [-0.4, -0.2) is 33.9 Å². The van der Waals surface area contributed by atoms with Crippen LogP contribution in [0.3, 0.4) is 0 Å². The number of carbonyl (C=O) groups excluding carboxylic acids is 1. The fourth-order valence-corrected chi connectivity index (χ4v) is 2.61. The maximum Gasteiger partial charge on any atom is 0.347 e. The molecular weight excluding hydrogens is 308 g/mol. The number of nitrogens with one attached hydrogen (secondary N) is 2. The van der Waals surface area contributed by atoms with Crippen molar-refractivity contribution in [1.82, 2.24) is 24.2 Å². The minimum absolute atomic E-state index is 0.0222. The van der Waals surface area contributed by atoms with Crippen molar-refractivity contribution < 1.29 is 13.2 Å². The molecule has 2 heterocycles. The first kappa shape index (κ1) is 16.0. The van der Waals surface area contributed by atoms with E-state index in [9.17, 15) is 13.2 Å². The maximum atomic E-state index is 12.1. The third-order valence-electron chi connectivity index (χ3n) is 2.94. The van der Waals surface area contributed by atoms with Crippen molar-refractivity contribution >= 4 is 16.1 Å². The van der Waals surface area contributed by atoms with E-state index in [1.54, 1.807) is 26.2 Å². The minimum Gasteiger partial charge on any atom is -0.269 e. The van der Waals surface area contributed by atoms with Crippen molar-refractivity contribution in [3.8, 4) is 0 Å². The molecule has 9 nitrogen and oxygen atoms in total. The van der Waals surface area contributed by atoms with Crippen molar-refractivity contribution in [3.05, 3.63) is 30.0 Å². The van der Waals surface area contributed by atoms with E-state index in [-0.39, 0.29) is 11.1 Å². The predicted octanol–water partition coefficient (Wildman–Crippen LogP) is 0.919. The van der Waals surface area contributed by atoms with Crippen LogP contribution in [-0.2, 0) is 10.0 Å². The summed E-state index contributed by atoms with van der Waals surface area (Å²) in [5.41, 5.74) is 3.08. The molecule has 0 aliphatic rings. The molecule has 0 spiro atoms. The number of aromatic nitrogens is 4. The lowest BCUT2D eigenvalue weighted by molar-refractivity contribution is 0.254. The normalized spacial score (nSPS) is 11.7. The molecule has 10 heteroatoms. The Balaban J connectivity index is 2.12. The van der Waals surface area contributed by atoms with E-state index < -0.39 is 16.1 Å². The summed E-state index contributed by atoms with van der Waals surface area (Å²) < 4.78 is 29.0. The lowest BCUT2D eigenvalue weighted by Gasteiger charge is -2.10. The van der Waals surface area contributed by atoms with Crippen LogP contribution < -0.4 is 10.1 Å². The first-order chi connectivity index (χ1) is 10.2. The van der Waals surface area contributed by atoms with Gasteiger partial charge in [-0.2, -0.15) is 13.5 Å². The van der Waals surface area contributed by atoms with Gasteiger partial charge in [0.2, 0.25) is 0 Å². The van der Waals surface area contributed by atoms with Crippen molar-refractivity contribution in [1.29, 1.82) is 0 Å². The van der Waals surface area contributed by atoms with Gasteiger partial charge in [0.15, 0.2) is 5.03 Å². The number of aryl methyl sites for hydroxylation is 2.